The summed E-state index contributed by atoms with van der Waals surface area (Å²) >= 11 is 2.78. The molecule has 2 unspecified atom stereocenters. The van der Waals surface area contributed by atoms with E-state index in [1.54, 1.807) is 0 Å². The second-order valence-corrected chi connectivity index (χ2v) is 5.42. The Bertz CT molecular complexity index is 628. The van der Waals surface area contributed by atoms with Gasteiger partial charge in [0.25, 0.3) is 0 Å². The quantitative estimate of drug-likeness (QED) is 0.875. The van der Waals surface area contributed by atoms with E-state index in [-0.39, 0.29) is 21.5 Å². The molecule has 0 saturated heterocycles. The third-order valence-electron chi connectivity index (χ3n) is 3.33. The maximum absolute atomic E-state index is 12.9. The van der Waals surface area contributed by atoms with Crippen LogP contribution in [-0.4, -0.2) is 29.1 Å². The Morgan fingerprint density at radius 1 is 1.43 bits per heavy atom. The zero-order valence-corrected chi connectivity index (χ0v) is 12.6. The molecule has 1 aromatic heterocycles. The second kappa shape index (κ2) is 5.42. The summed E-state index contributed by atoms with van der Waals surface area (Å²) < 4.78 is 43.4. The van der Waals surface area contributed by atoms with Crippen molar-refractivity contribution in [3.05, 3.63) is 39.3 Å². The third-order valence-corrected chi connectivity index (χ3v) is 3.96. The number of aliphatic hydroxyl groups excluding tert-OH is 1. The summed E-state index contributed by atoms with van der Waals surface area (Å²) in [5, 5.41) is 10.1. The molecular formula is C13H11BrF3NO3. The molecule has 1 aliphatic rings. The van der Waals surface area contributed by atoms with Crippen LogP contribution < -0.4 is 0 Å². The summed E-state index contributed by atoms with van der Waals surface area (Å²) in [6.45, 7) is 1.45. The van der Waals surface area contributed by atoms with Crippen LogP contribution in [0.1, 0.15) is 24.1 Å². The number of allylic oxidation sites excluding steroid dienone is 1. The molecule has 0 saturated carbocycles. The molecule has 0 amide bonds. The van der Waals surface area contributed by atoms with Gasteiger partial charge in [-0.05, 0) is 28.9 Å². The fourth-order valence-corrected chi connectivity index (χ4v) is 2.72. The van der Waals surface area contributed by atoms with Gasteiger partial charge in [-0.15, -0.1) is 0 Å². The van der Waals surface area contributed by atoms with Crippen molar-refractivity contribution in [2.24, 2.45) is 0 Å². The van der Waals surface area contributed by atoms with Crippen molar-refractivity contribution in [3.8, 4) is 0 Å². The van der Waals surface area contributed by atoms with Gasteiger partial charge >= 0.3 is 6.18 Å². The number of nitrogens with zero attached hydrogens (tertiary/aromatic N) is 1. The monoisotopic (exact) mass is 365 g/mol. The number of methoxy groups -OCH3 is 1. The fourth-order valence-electron chi connectivity index (χ4n) is 2.28. The molecule has 1 aliphatic carbocycles. The first-order valence-corrected chi connectivity index (χ1v) is 6.67. The molecule has 0 bridgehead atoms. The zero-order valence-electron chi connectivity index (χ0n) is 11.0. The van der Waals surface area contributed by atoms with Gasteiger partial charge in [0.15, 0.2) is 5.78 Å². The first-order valence-electron chi connectivity index (χ1n) is 5.88. The number of aromatic nitrogens is 1. The van der Waals surface area contributed by atoms with E-state index in [2.05, 4.69) is 20.9 Å². The van der Waals surface area contributed by atoms with E-state index in [4.69, 9.17) is 4.74 Å². The minimum atomic E-state index is -4.59. The Morgan fingerprint density at radius 2 is 2.05 bits per heavy atom. The highest BCUT2D eigenvalue weighted by atomic mass is 79.9. The number of ketones is 1. The number of halogens is 4. The van der Waals surface area contributed by atoms with Crippen LogP contribution in [0.25, 0.3) is 0 Å². The summed E-state index contributed by atoms with van der Waals surface area (Å²) in [7, 11) is 1.29. The molecule has 21 heavy (non-hydrogen) atoms. The lowest BCUT2D eigenvalue weighted by atomic mass is 9.96. The molecule has 8 heteroatoms. The van der Waals surface area contributed by atoms with E-state index >= 15 is 0 Å². The van der Waals surface area contributed by atoms with E-state index in [1.165, 1.54) is 14.0 Å². The molecule has 1 N–H and O–H groups in total. The normalized spacial score (nSPS) is 22.9. The number of hydrogen-bond donors (Lipinski definition) is 1. The summed E-state index contributed by atoms with van der Waals surface area (Å²) in [4.78, 5) is 15.9. The predicted octanol–water partition coefficient (Wildman–Crippen LogP) is 2.81. The predicted molar refractivity (Wildman–Crippen MR) is 70.4 cm³/mol. The van der Waals surface area contributed by atoms with Crippen LogP contribution in [0, 0.1) is 0 Å². The van der Waals surface area contributed by atoms with E-state index in [1.807, 2.05) is 0 Å². The molecule has 2 rings (SSSR count). The molecule has 114 valence electrons. The number of pyridine rings is 1. The maximum Gasteiger partial charge on any atom is 0.417 e. The van der Waals surface area contributed by atoms with Crippen molar-refractivity contribution in [3.63, 3.8) is 0 Å². The molecule has 0 aromatic carbocycles. The van der Waals surface area contributed by atoms with Gasteiger partial charge in [-0.2, -0.15) is 13.2 Å². The van der Waals surface area contributed by atoms with Crippen LogP contribution in [0.5, 0.6) is 0 Å². The lowest BCUT2D eigenvalue weighted by Gasteiger charge is -2.17. The molecular weight excluding hydrogens is 355 g/mol. The largest absolute Gasteiger partial charge is 0.498 e. The van der Waals surface area contributed by atoms with E-state index < -0.39 is 29.5 Å². The Kier molecular flexibility index (Phi) is 4.12. The first-order chi connectivity index (χ1) is 9.68. The number of aliphatic hydroxyl groups is 1. The Hall–Kier alpha value is -1.41. The molecule has 1 aromatic rings. The van der Waals surface area contributed by atoms with Crippen LogP contribution >= 0.6 is 15.9 Å². The topological polar surface area (TPSA) is 59.4 Å². The van der Waals surface area contributed by atoms with Crippen molar-refractivity contribution in [2.45, 2.75) is 25.1 Å². The number of hydrogen-bond acceptors (Lipinski definition) is 4. The smallest absolute Gasteiger partial charge is 0.417 e. The van der Waals surface area contributed by atoms with Gasteiger partial charge in [0.05, 0.1) is 24.3 Å². The van der Waals surface area contributed by atoms with Gasteiger partial charge in [0, 0.05) is 16.2 Å². The minimum absolute atomic E-state index is 0.0586. The third kappa shape index (κ3) is 2.69. The molecule has 2 atom stereocenters. The van der Waals surface area contributed by atoms with Gasteiger partial charge < -0.3 is 9.84 Å². The van der Waals surface area contributed by atoms with E-state index in [0.29, 0.717) is 0 Å². The van der Waals surface area contributed by atoms with Gasteiger partial charge in [-0.25, -0.2) is 0 Å². The van der Waals surface area contributed by atoms with Crippen molar-refractivity contribution in [1.82, 2.24) is 4.98 Å². The molecule has 0 spiro atoms. The Balaban J connectivity index is 2.48. The lowest BCUT2D eigenvalue weighted by molar-refractivity contribution is -0.138. The first kappa shape index (κ1) is 16.0. The number of rotatable bonds is 2. The van der Waals surface area contributed by atoms with Crippen LogP contribution in [0.4, 0.5) is 13.2 Å². The molecule has 1 heterocycles. The highest BCUT2D eigenvalue weighted by Gasteiger charge is 2.43. The SMILES string of the molecule is COC1=C(C)C(=O)C(c2cc(C(F)(F)F)c(Br)cn2)C1O. The molecule has 0 radical (unpaired) electrons. The number of carbonyl (C=O) groups is 1. The summed E-state index contributed by atoms with van der Waals surface area (Å²) in [5.41, 5.74) is -0.904. The van der Waals surface area contributed by atoms with Gasteiger partial charge in [0.1, 0.15) is 11.9 Å². The van der Waals surface area contributed by atoms with Crippen LogP contribution in [-0.2, 0) is 15.7 Å². The van der Waals surface area contributed by atoms with Crippen LogP contribution in [0.15, 0.2) is 28.1 Å². The van der Waals surface area contributed by atoms with Gasteiger partial charge in [-0.1, -0.05) is 0 Å². The average molecular weight is 366 g/mol. The van der Waals surface area contributed by atoms with Crippen molar-refractivity contribution >= 4 is 21.7 Å². The van der Waals surface area contributed by atoms with Gasteiger partial charge in [0.2, 0.25) is 0 Å². The molecule has 0 fully saturated rings. The highest BCUT2D eigenvalue weighted by Crippen LogP contribution is 2.39. The highest BCUT2D eigenvalue weighted by molar-refractivity contribution is 9.10. The van der Waals surface area contributed by atoms with Crippen LogP contribution in [0.3, 0.4) is 0 Å². The zero-order chi connectivity index (χ0) is 15.9. The molecule has 0 aliphatic heterocycles. The summed E-state index contributed by atoms with van der Waals surface area (Å²) in [5.74, 6) is -1.63. The van der Waals surface area contributed by atoms with Crippen molar-refractivity contribution in [1.29, 1.82) is 0 Å². The van der Waals surface area contributed by atoms with Crippen LogP contribution in [0.2, 0.25) is 0 Å². The molecule has 4 nitrogen and oxygen atoms in total. The average Bonchev–Trinajstić information content (AvgIpc) is 2.60. The van der Waals surface area contributed by atoms with Crippen molar-refractivity contribution < 1.29 is 27.8 Å². The summed E-state index contributed by atoms with van der Waals surface area (Å²) in [6.07, 6.45) is -4.95. The second-order valence-electron chi connectivity index (χ2n) is 4.57. The Morgan fingerprint density at radius 3 is 2.52 bits per heavy atom. The van der Waals surface area contributed by atoms with E-state index in [0.717, 1.165) is 12.3 Å². The maximum atomic E-state index is 12.9. The minimum Gasteiger partial charge on any atom is -0.498 e. The lowest BCUT2D eigenvalue weighted by Crippen LogP contribution is -2.23. The Labute approximate surface area is 126 Å². The fraction of sp³-hybridized carbons (Fsp3) is 0.385. The number of Topliss-reactive ketones (excluding diaryl/α,β-unsaturated/α-hetero) is 1. The van der Waals surface area contributed by atoms with Gasteiger partial charge in [-0.3, -0.25) is 9.78 Å². The number of ether oxygens (including phenoxy) is 1. The van der Waals surface area contributed by atoms with Crippen molar-refractivity contribution in [2.75, 3.05) is 7.11 Å². The standard InChI is InChI=1S/C13H11BrF3NO3/c1-5-10(19)9(11(20)12(5)21-2)8-3-6(13(15,16)17)7(14)4-18-8/h3-4,9,11,20H,1-2H3. The number of alkyl halides is 3. The number of carbonyl (C=O) groups excluding carboxylic acids is 1. The van der Waals surface area contributed by atoms with E-state index in [9.17, 15) is 23.1 Å². The summed E-state index contributed by atoms with van der Waals surface area (Å²) in [6, 6.07) is 0.766.